The van der Waals surface area contributed by atoms with Gasteiger partial charge in [-0.15, -0.1) is 9.94 Å². The lowest BCUT2D eigenvalue weighted by Gasteiger charge is -2.10. The Morgan fingerprint density at radius 3 is 1.94 bits per heavy atom. The third kappa shape index (κ3) is 3.08. The Hall–Kier alpha value is -0.945. The number of halogens is 7. The van der Waals surface area contributed by atoms with Crippen molar-refractivity contribution in [3.63, 3.8) is 0 Å². The molecular weight excluding hydrogens is 341 g/mol. The van der Waals surface area contributed by atoms with Gasteiger partial charge in [0.2, 0.25) is 0 Å². The van der Waals surface area contributed by atoms with Gasteiger partial charge in [0.1, 0.15) is 0 Å². The van der Waals surface area contributed by atoms with Gasteiger partial charge in [0, 0.05) is 0 Å². The summed E-state index contributed by atoms with van der Waals surface area (Å²) in [5, 5.41) is 19.1. The number of aromatic nitrogens is 2. The zero-order valence-electron chi connectivity index (χ0n) is 7.92. The summed E-state index contributed by atoms with van der Waals surface area (Å²) in [6.07, 6.45) is -10.4. The second-order valence-corrected chi connectivity index (χ2v) is 3.60. The monoisotopic (exact) mass is 342 g/mol. The van der Waals surface area contributed by atoms with Crippen molar-refractivity contribution in [1.29, 1.82) is 0 Å². The molecule has 0 saturated heterocycles. The van der Waals surface area contributed by atoms with Crippen molar-refractivity contribution in [2.24, 2.45) is 0 Å². The molecule has 18 heavy (non-hydrogen) atoms. The van der Waals surface area contributed by atoms with E-state index >= 15 is 0 Å². The summed E-state index contributed by atoms with van der Waals surface area (Å²) in [7, 11) is -2.76. The fourth-order valence-electron chi connectivity index (χ4n) is 0.960. The Morgan fingerprint density at radius 1 is 1.11 bits per heavy atom. The predicted molar refractivity (Wildman–Crippen MR) is 46.7 cm³/mol. The molecule has 0 bridgehead atoms. The summed E-state index contributed by atoms with van der Waals surface area (Å²) in [6, 6.07) is 0. The van der Waals surface area contributed by atoms with Gasteiger partial charge in [-0.3, -0.25) is 0 Å². The van der Waals surface area contributed by atoms with Crippen molar-refractivity contribution >= 4 is 23.3 Å². The minimum atomic E-state index is -5.25. The first kappa shape index (κ1) is 15.1. The summed E-state index contributed by atoms with van der Waals surface area (Å²) in [6.45, 7) is 0. The Bertz CT molecular complexity index is 444. The summed E-state index contributed by atoms with van der Waals surface area (Å²) >= 11 is 2.10. The topological polar surface area (TPSA) is 67.5 Å². The van der Waals surface area contributed by atoms with Crippen LogP contribution in [0.15, 0.2) is 4.47 Å². The molecule has 1 aromatic rings. The highest BCUT2D eigenvalue weighted by molar-refractivity contribution is 9.10. The molecule has 0 aliphatic rings. The zero-order chi connectivity index (χ0) is 14.3. The van der Waals surface area contributed by atoms with Crippen molar-refractivity contribution in [3.8, 4) is 0 Å². The van der Waals surface area contributed by atoms with Gasteiger partial charge >= 0.3 is 19.7 Å². The molecule has 0 unspecified atom stereocenters. The molecule has 0 aliphatic carbocycles. The molecule has 1 aromatic heterocycles. The Labute approximate surface area is 103 Å². The van der Waals surface area contributed by atoms with Crippen LogP contribution in [0, 0.1) is 0 Å². The van der Waals surface area contributed by atoms with Crippen molar-refractivity contribution in [2.45, 2.75) is 12.4 Å². The van der Waals surface area contributed by atoms with E-state index in [9.17, 15) is 26.3 Å². The molecule has 1 heterocycles. The van der Waals surface area contributed by atoms with Gasteiger partial charge in [0.15, 0.2) is 11.4 Å². The van der Waals surface area contributed by atoms with Crippen molar-refractivity contribution in [3.05, 3.63) is 15.9 Å². The summed E-state index contributed by atoms with van der Waals surface area (Å²) in [4.78, 5) is -0.655. The van der Waals surface area contributed by atoms with Gasteiger partial charge in [-0.05, 0) is 15.9 Å². The van der Waals surface area contributed by atoms with Crippen LogP contribution in [0.3, 0.4) is 0 Å². The maximum atomic E-state index is 12.5. The van der Waals surface area contributed by atoms with Gasteiger partial charge < -0.3 is 14.8 Å². The molecule has 102 valence electrons. The summed E-state index contributed by atoms with van der Waals surface area (Å²) in [5.41, 5.74) is -3.86. The maximum absolute atomic E-state index is 12.5. The van der Waals surface area contributed by atoms with E-state index in [2.05, 4.69) is 25.8 Å². The molecule has 0 aliphatic heterocycles. The standard InChI is InChI=1S/C5H2BBrF6N2O3/c7-1-2(4(8,9)10)14-15(18-6(16)17)3(1)5(11,12)13/h16-17H. The van der Waals surface area contributed by atoms with E-state index in [1.807, 2.05) is 0 Å². The third-order valence-corrected chi connectivity index (χ3v) is 2.28. The molecule has 0 spiro atoms. The fourth-order valence-corrected chi connectivity index (χ4v) is 1.64. The van der Waals surface area contributed by atoms with Crippen molar-refractivity contribution in [2.75, 3.05) is 0 Å². The lowest BCUT2D eigenvalue weighted by Crippen LogP contribution is -2.33. The smallest absolute Gasteiger partial charge is 0.405 e. The first-order valence-electron chi connectivity index (χ1n) is 3.90. The second kappa shape index (κ2) is 4.62. The molecule has 5 nitrogen and oxygen atoms in total. The molecule has 0 aromatic carbocycles. The van der Waals surface area contributed by atoms with Gasteiger partial charge in [-0.1, -0.05) is 0 Å². The molecule has 0 radical (unpaired) electrons. The van der Waals surface area contributed by atoms with Crippen LogP contribution in [-0.2, 0) is 12.4 Å². The maximum Gasteiger partial charge on any atom is 0.729 e. The molecule has 0 atom stereocenters. The van der Waals surface area contributed by atoms with Crippen LogP contribution in [0.2, 0.25) is 0 Å². The minimum absolute atomic E-state index is 0.655. The summed E-state index contributed by atoms with van der Waals surface area (Å²) in [5.74, 6) is 0. The van der Waals surface area contributed by atoms with Crippen LogP contribution in [0.5, 0.6) is 0 Å². The van der Waals surface area contributed by atoms with Crippen molar-refractivity contribution in [1.82, 2.24) is 9.94 Å². The molecule has 0 saturated carbocycles. The number of nitrogens with zero attached hydrogens (tertiary/aromatic N) is 2. The molecule has 0 amide bonds. The average molecular weight is 343 g/mol. The van der Waals surface area contributed by atoms with Gasteiger partial charge in [0.25, 0.3) is 0 Å². The van der Waals surface area contributed by atoms with E-state index in [1.165, 1.54) is 0 Å². The Morgan fingerprint density at radius 2 is 1.61 bits per heavy atom. The molecule has 1 rings (SSSR count). The lowest BCUT2D eigenvalue weighted by atomic mass is 10.3. The van der Waals surface area contributed by atoms with E-state index in [0.29, 0.717) is 0 Å². The molecule has 2 N–H and O–H groups in total. The number of rotatable bonds is 2. The van der Waals surface area contributed by atoms with E-state index in [1.54, 1.807) is 0 Å². The van der Waals surface area contributed by atoms with E-state index in [4.69, 9.17) is 10.0 Å². The number of alkyl halides is 6. The van der Waals surface area contributed by atoms with Crippen LogP contribution in [0.4, 0.5) is 26.3 Å². The van der Waals surface area contributed by atoms with Crippen LogP contribution in [-0.4, -0.2) is 27.3 Å². The largest absolute Gasteiger partial charge is 0.729 e. The van der Waals surface area contributed by atoms with Gasteiger partial charge in [-0.25, -0.2) is 0 Å². The number of hydrogen-bond donors (Lipinski definition) is 2. The van der Waals surface area contributed by atoms with Crippen LogP contribution < -0.4 is 4.76 Å². The SMILES string of the molecule is OB(O)On1nc(C(F)(F)F)c(Br)c1C(F)(F)F. The summed E-state index contributed by atoms with van der Waals surface area (Å²) < 4.78 is 76.6. The molecular formula is C5H2BBrF6N2O3. The van der Waals surface area contributed by atoms with Crippen LogP contribution in [0.1, 0.15) is 11.4 Å². The van der Waals surface area contributed by atoms with Gasteiger partial charge in [-0.2, -0.15) is 26.3 Å². The lowest BCUT2D eigenvalue weighted by molar-refractivity contribution is -0.151. The Kier molecular flexibility index (Phi) is 3.88. The normalized spacial score (nSPS) is 12.7. The molecule has 13 heteroatoms. The highest BCUT2D eigenvalue weighted by Crippen LogP contribution is 2.41. The predicted octanol–water partition coefficient (Wildman–Crippen LogP) is 1.08. The van der Waals surface area contributed by atoms with Crippen molar-refractivity contribution < 1.29 is 41.1 Å². The van der Waals surface area contributed by atoms with E-state index in [0.717, 1.165) is 0 Å². The highest BCUT2D eigenvalue weighted by atomic mass is 79.9. The molecule has 0 fully saturated rings. The van der Waals surface area contributed by atoms with Gasteiger partial charge in [0.05, 0.1) is 4.47 Å². The second-order valence-electron chi connectivity index (χ2n) is 2.81. The first-order valence-corrected chi connectivity index (χ1v) is 4.70. The fraction of sp³-hybridized carbons (Fsp3) is 0.400. The van der Waals surface area contributed by atoms with E-state index in [-0.39, 0.29) is 0 Å². The Balaban J connectivity index is 3.42. The van der Waals surface area contributed by atoms with Crippen LogP contribution >= 0.6 is 15.9 Å². The zero-order valence-corrected chi connectivity index (χ0v) is 9.51. The number of hydrogen-bond acceptors (Lipinski definition) is 4. The third-order valence-electron chi connectivity index (χ3n) is 1.53. The average Bonchev–Trinajstić information content (AvgIpc) is 2.39. The first-order chi connectivity index (χ1) is 7.94. The minimum Gasteiger partial charge on any atom is -0.405 e. The van der Waals surface area contributed by atoms with E-state index < -0.39 is 40.4 Å². The van der Waals surface area contributed by atoms with Crippen LogP contribution in [0.25, 0.3) is 0 Å². The highest BCUT2D eigenvalue weighted by Gasteiger charge is 2.47. The quantitative estimate of drug-likeness (QED) is 0.623.